The van der Waals surface area contributed by atoms with Gasteiger partial charge in [-0.15, -0.1) is 0 Å². The molecule has 1 aromatic rings. The molecule has 0 saturated carbocycles. The van der Waals surface area contributed by atoms with Crippen LogP contribution in [0.15, 0.2) is 18.2 Å². The number of carboxylic acid groups (broad SMARTS) is 1. The van der Waals surface area contributed by atoms with Crippen molar-refractivity contribution in [1.82, 2.24) is 5.32 Å². The van der Waals surface area contributed by atoms with Crippen molar-refractivity contribution in [2.45, 2.75) is 39.7 Å². The van der Waals surface area contributed by atoms with Gasteiger partial charge in [-0.3, -0.25) is 14.9 Å². The minimum Gasteiger partial charge on any atom is -0.480 e. The molecule has 0 aliphatic carbocycles. The highest BCUT2D eigenvalue weighted by molar-refractivity contribution is 5.93. The quantitative estimate of drug-likeness (QED) is 0.744. The number of carbonyl (C=O) groups is 2. The molecule has 1 atom stereocenters. The molecule has 0 radical (unpaired) electrons. The number of carbonyl (C=O) groups excluding carboxylic acids is 1. The average Bonchev–Trinajstić information content (AvgIpc) is 2.40. The number of amides is 1. The van der Waals surface area contributed by atoms with Crippen molar-refractivity contribution in [2.24, 2.45) is 0 Å². The standard InChI is InChI=1S/C15H22N2O3/c1-5-15(4,14(19)20)16-9-13(18)17-12-7-6-10(2)11(3)8-12/h6-8,16H,5,9H2,1-4H3,(H,17,18)(H,19,20). The molecule has 0 bridgehead atoms. The summed E-state index contributed by atoms with van der Waals surface area (Å²) in [6.45, 7) is 7.27. The van der Waals surface area contributed by atoms with E-state index in [0.717, 1.165) is 11.1 Å². The summed E-state index contributed by atoms with van der Waals surface area (Å²) in [5.41, 5.74) is 1.89. The van der Waals surface area contributed by atoms with E-state index in [1.165, 1.54) is 0 Å². The highest BCUT2D eigenvalue weighted by Gasteiger charge is 2.30. The van der Waals surface area contributed by atoms with Gasteiger partial charge in [0.25, 0.3) is 0 Å². The maximum Gasteiger partial charge on any atom is 0.323 e. The molecule has 110 valence electrons. The van der Waals surface area contributed by atoms with Gasteiger partial charge in [-0.2, -0.15) is 0 Å². The molecule has 1 amide bonds. The lowest BCUT2D eigenvalue weighted by molar-refractivity contribution is -0.144. The number of benzene rings is 1. The van der Waals surface area contributed by atoms with Crippen LogP contribution >= 0.6 is 0 Å². The summed E-state index contributed by atoms with van der Waals surface area (Å²) in [6, 6.07) is 5.66. The van der Waals surface area contributed by atoms with E-state index in [1.807, 2.05) is 32.0 Å². The van der Waals surface area contributed by atoms with E-state index >= 15 is 0 Å². The summed E-state index contributed by atoms with van der Waals surface area (Å²) in [4.78, 5) is 22.9. The third kappa shape index (κ3) is 4.06. The van der Waals surface area contributed by atoms with Crippen LogP contribution in [0.1, 0.15) is 31.4 Å². The Labute approximate surface area is 119 Å². The van der Waals surface area contributed by atoms with E-state index in [9.17, 15) is 9.59 Å². The second-order valence-electron chi connectivity index (χ2n) is 5.19. The summed E-state index contributed by atoms with van der Waals surface area (Å²) in [5.74, 6) is -1.21. The smallest absolute Gasteiger partial charge is 0.323 e. The Balaban J connectivity index is 2.60. The second-order valence-corrected chi connectivity index (χ2v) is 5.19. The molecule has 0 fully saturated rings. The number of aliphatic carboxylic acids is 1. The van der Waals surface area contributed by atoms with Crippen LogP contribution in [0, 0.1) is 13.8 Å². The monoisotopic (exact) mass is 278 g/mol. The fourth-order valence-corrected chi connectivity index (χ4v) is 1.65. The molecule has 0 spiro atoms. The average molecular weight is 278 g/mol. The van der Waals surface area contributed by atoms with Gasteiger partial charge in [0.05, 0.1) is 6.54 Å². The molecule has 1 unspecified atom stereocenters. The number of anilines is 1. The van der Waals surface area contributed by atoms with Crippen LogP contribution in [-0.4, -0.2) is 29.1 Å². The molecule has 0 saturated heterocycles. The normalized spacial score (nSPS) is 13.6. The molecule has 0 aromatic heterocycles. The topological polar surface area (TPSA) is 78.4 Å². The van der Waals surface area contributed by atoms with E-state index in [2.05, 4.69) is 10.6 Å². The van der Waals surface area contributed by atoms with Gasteiger partial charge in [0.1, 0.15) is 5.54 Å². The van der Waals surface area contributed by atoms with Crippen molar-refractivity contribution in [3.63, 3.8) is 0 Å². The Bertz CT molecular complexity index is 514. The lowest BCUT2D eigenvalue weighted by atomic mass is 9.99. The molecular formula is C15H22N2O3. The SMILES string of the molecule is CCC(C)(NCC(=O)Nc1ccc(C)c(C)c1)C(=O)O. The Morgan fingerprint density at radius 3 is 2.40 bits per heavy atom. The summed E-state index contributed by atoms with van der Waals surface area (Å²) >= 11 is 0. The third-order valence-electron chi connectivity index (χ3n) is 3.61. The van der Waals surface area contributed by atoms with Gasteiger partial charge in [0.15, 0.2) is 0 Å². The number of rotatable bonds is 6. The number of hydrogen-bond acceptors (Lipinski definition) is 3. The van der Waals surface area contributed by atoms with Gasteiger partial charge in [-0.05, 0) is 50.5 Å². The third-order valence-corrected chi connectivity index (χ3v) is 3.61. The fraction of sp³-hybridized carbons (Fsp3) is 0.467. The Kier molecular flexibility index (Phi) is 5.27. The van der Waals surface area contributed by atoms with Gasteiger partial charge in [0.2, 0.25) is 5.91 Å². The summed E-state index contributed by atoms with van der Waals surface area (Å²) in [6.07, 6.45) is 0.402. The van der Waals surface area contributed by atoms with E-state index < -0.39 is 11.5 Å². The maximum atomic E-state index is 11.8. The van der Waals surface area contributed by atoms with E-state index in [0.29, 0.717) is 12.1 Å². The molecule has 0 aliphatic rings. The Morgan fingerprint density at radius 2 is 1.90 bits per heavy atom. The lowest BCUT2D eigenvalue weighted by Crippen LogP contribution is -2.51. The molecule has 0 aliphatic heterocycles. The Hall–Kier alpha value is -1.88. The number of nitrogens with one attached hydrogen (secondary N) is 2. The second kappa shape index (κ2) is 6.52. The molecule has 1 aromatic carbocycles. The van der Waals surface area contributed by atoms with E-state index in [4.69, 9.17) is 5.11 Å². The predicted molar refractivity (Wildman–Crippen MR) is 78.9 cm³/mol. The van der Waals surface area contributed by atoms with Gasteiger partial charge in [0, 0.05) is 5.69 Å². The zero-order valence-electron chi connectivity index (χ0n) is 12.4. The van der Waals surface area contributed by atoms with E-state index in [1.54, 1.807) is 13.8 Å². The highest BCUT2D eigenvalue weighted by atomic mass is 16.4. The van der Waals surface area contributed by atoms with Gasteiger partial charge < -0.3 is 10.4 Å². The molecule has 5 nitrogen and oxygen atoms in total. The molecule has 0 heterocycles. The van der Waals surface area contributed by atoms with Crippen LogP contribution in [0.4, 0.5) is 5.69 Å². The van der Waals surface area contributed by atoms with Crippen LogP contribution < -0.4 is 10.6 Å². The largest absolute Gasteiger partial charge is 0.480 e. The first-order valence-electron chi connectivity index (χ1n) is 6.64. The fourth-order valence-electron chi connectivity index (χ4n) is 1.65. The predicted octanol–water partition coefficient (Wildman–Crippen LogP) is 2.08. The molecule has 3 N–H and O–H groups in total. The van der Waals surface area contributed by atoms with Crippen molar-refractivity contribution in [3.05, 3.63) is 29.3 Å². The molecular weight excluding hydrogens is 256 g/mol. The van der Waals surface area contributed by atoms with Crippen LogP contribution in [0.5, 0.6) is 0 Å². The lowest BCUT2D eigenvalue weighted by Gasteiger charge is -2.24. The van der Waals surface area contributed by atoms with Crippen molar-refractivity contribution in [1.29, 1.82) is 0 Å². The first-order chi connectivity index (χ1) is 9.28. The number of carboxylic acids is 1. The summed E-state index contributed by atoms with van der Waals surface area (Å²) in [5, 5.41) is 14.6. The summed E-state index contributed by atoms with van der Waals surface area (Å²) in [7, 11) is 0. The van der Waals surface area contributed by atoms with Crippen LogP contribution in [0.3, 0.4) is 0 Å². The Morgan fingerprint density at radius 1 is 1.25 bits per heavy atom. The first kappa shape index (κ1) is 16.2. The summed E-state index contributed by atoms with van der Waals surface area (Å²) < 4.78 is 0. The first-order valence-corrected chi connectivity index (χ1v) is 6.64. The van der Waals surface area contributed by atoms with Crippen LogP contribution in [-0.2, 0) is 9.59 Å². The number of aryl methyl sites for hydroxylation is 2. The van der Waals surface area contributed by atoms with Gasteiger partial charge >= 0.3 is 5.97 Å². The zero-order valence-corrected chi connectivity index (χ0v) is 12.4. The van der Waals surface area contributed by atoms with E-state index in [-0.39, 0.29) is 12.5 Å². The molecule has 5 heteroatoms. The van der Waals surface area contributed by atoms with Crippen molar-refractivity contribution >= 4 is 17.6 Å². The molecule has 1 rings (SSSR count). The van der Waals surface area contributed by atoms with Crippen molar-refractivity contribution in [3.8, 4) is 0 Å². The number of hydrogen-bond donors (Lipinski definition) is 3. The van der Waals surface area contributed by atoms with Crippen LogP contribution in [0.25, 0.3) is 0 Å². The highest BCUT2D eigenvalue weighted by Crippen LogP contribution is 2.14. The van der Waals surface area contributed by atoms with Gasteiger partial charge in [-0.1, -0.05) is 13.0 Å². The van der Waals surface area contributed by atoms with Crippen molar-refractivity contribution in [2.75, 3.05) is 11.9 Å². The minimum atomic E-state index is -1.08. The van der Waals surface area contributed by atoms with Gasteiger partial charge in [-0.25, -0.2) is 0 Å². The van der Waals surface area contributed by atoms with Crippen molar-refractivity contribution < 1.29 is 14.7 Å². The molecule has 20 heavy (non-hydrogen) atoms. The maximum absolute atomic E-state index is 11.8. The van der Waals surface area contributed by atoms with Crippen LogP contribution in [0.2, 0.25) is 0 Å². The minimum absolute atomic E-state index is 0.0381. The zero-order chi connectivity index (χ0) is 15.3.